The summed E-state index contributed by atoms with van der Waals surface area (Å²) in [4.78, 5) is 4.99. The molecular weight excluding hydrogens is 210 g/mol. The molecule has 0 amide bonds. The molecule has 17 heavy (non-hydrogen) atoms. The lowest BCUT2D eigenvalue weighted by atomic mass is 10.1. The standard InChI is InChI=1S/C14H31N3/c1-5-8-15-9-6-13(2)17(4)12-14-7-10-16(3)11-14/h13-15H,5-12H2,1-4H3. The topological polar surface area (TPSA) is 18.5 Å². The number of nitrogens with zero attached hydrogens (tertiary/aromatic N) is 2. The average molecular weight is 241 g/mol. The molecule has 3 heteroatoms. The van der Waals surface area contributed by atoms with Crippen LogP contribution in [0.15, 0.2) is 0 Å². The molecule has 0 aliphatic carbocycles. The lowest BCUT2D eigenvalue weighted by molar-refractivity contribution is 0.208. The van der Waals surface area contributed by atoms with E-state index in [0.717, 1.165) is 19.0 Å². The Morgan fingerprint density at radius 2 is 2.18 bits per heavy atom. The molecule has 2 atom stereocenters. The van der Waals surface area contributed by atoms with Crippen molar-refractivity contribution in [3.8, 4) is 0 Å². The maximum Gasteiger partial charge on any atom is 0.00760 e. The highest BCUT2D eigenvalue weighted by Crippen LogP contribution is 2.16. The van der Waals surface area contributed by atoms with E-state index in [0.29, 0.717) is 6.04 Å². The molecule has 1 rings (SSSR count). The van der Waals surface area contributed by atoms with Crippen molar-refractivity contribution in [2.45, 2.75) is 39.2 Å². The Morgan fingerprint density at radius 3 is 2.76 bits per heavy atom. The molecular formula is C14H31N3. The minimum absolute atomic E-state index is 0.699. The maximum atomic E-state index is 3.49. The second-order valence-electron chi connectivity index (χ2n) is 5.74. The van der Waals surface area contributed by atoms with Gasteiger partial charge in [0.15, 0.2) is 0 Å². The van der Waals surface area contributed by atoms with Gasteiger partial charge < -0.3 is 15.1 Å². The predicted molar refractivity (Wildman–Crippen MR) is 75.5 cm³/mol. The maximum absolute atomic E-state index is 3.49. The second-order valence-corrected chi connectivity index (χ2v) is 5.74. The van der Waals surface area contributed by atoms with Gasteiger partial charge in [-0.25, -0.2) is 0 Å². The van der Waals surface area contributed by atoms with Crippen LogP contribution in [0.25, 0.3) is 0 Å². The zero-order valence-electron chi connectivity index (χ0n) is 12.2. The SMILES string of the molecule is CCCNCCC(C)N(C)CC1CCN(C)C1. The summed E-state index contributed by atoms with van der Waals surface area (Å²) in [6.45, 7) is 10.7. The van der Waals surface area contributed by atoms with E-state index >= 15 is 0 Å². The van der Waals surface area contributed by atoms with Crippen molar-refractivity contribution in [3.05, 3.63) is 0 Å². The second kappa shape index (κ2) is 8.06. The molecule has 0 saturated carbocycles. The minimum Gasteiger partial charge on any atom is -0.317 e. The van der Waals surface area contributed by atoms with Crippen molar-refractivity contribution in [2.75, 3.05) is 46.8 Å². The van der Waals surface area contributed by atoms with Crippen molar-refractivity contribution in [1.29, 1.82) is 0 Å². The quantitative estimate of drug-likeness (QED) is 0.652. The summed E-state index contributed by atoms with van der Waals surface area (Å²) >= 11 is 0. The number of likely N-dealkylation sites (tertiary alicyclic amines) is 1. The molecule has 0 radical (unpaired) electrons. The summed E-state index contributed by atoms with van der Waals surface area (Å²) < 4.78 is 0. The summed E-state index contributed by atoms with van der Waals surface area (Å²) in [7, 11) is 4.51. The van der Waals surface area contributed by atoms with Crippen LogP contribution < -0.4 is 5.32 Å². The lowest BCUT2D eigenvalue weighted by Crippen LogP contribution is -2.36. The highest BCUT2D eigenvalue weighted by Gasteiger charge is 2.22. The molecule has 0 aromatic rings. The van der Waals surface area contributed by atoms with Crippen LogP contribution in [0, 0.1) is 5.92 Å². The van der Waals surface area contributed by atoms with Gasteiger partial charge in [-0.1, -0.05) is 6.92 Å². The summed E-state index contributed by atoms with van der Waals surface area (Å²) in [6.07, 6.45) is 3.87. The Balaban J connectivity index is 2.11. The zero-order valence-corrected chi connectivity index (χ0v) is 12.2. The monoisotopic (exact) mass is 241 g/mol. The molecule has 0 spiro atoms. The fraction of sp³-hybridized carbons (Fsp3) is 1.00. The first kappa shape index (κ1) is 14.9. The molecule has 3 nitrogen and oxygen atoms in total. The first-order valence-electron chi connectivity index (χ1n) is 7.23. The molecule has 102 valence electrons. The highest BCUT2D eigenvalue weighted by atomic mass is 15.2. The van der Waals surface area contributed by atoms with Crippen LogP contribution in [0.3, 0.4) is 0 Å². The minimum atomic E-state index is 0.699. The number of hydrogen-bond donors (Lipinski definition) is 1. The number of rotatable bonds is 8. The summed E-state index contributed by atoms with van der Waals surface area (Å²) in [6, 6.07) is 0.699. The van der Waals surface area contributed by atoms with Crippen molar-refractivity contribution >= 4 is 0 Å². The zero-order chi connectivity index (χ0) is 12.7. The fourth-order valence-corrected chi connectivity index (χ4v) is 2.60. The van der Waals surface area contributed by atoms with Gasteiger partial charge in [-0.3, -0.25) is 0 Å². The van der Waals surface area contributed by atoms with Gasteiger partial charge in [0.25, 0.3) is 0 Å². The van der Waals surface area contributed by atoms with Crippen LogP contribution in [0.1, 0.15) is 33.1 Å². The Bertz CT molecular complexity index is 196. The first-order valence-corrected chi connectivity index (χ1v) is 7.23. The molecule has 1 heterocycles. The average Bonchev–Trinajstić information content (AvgIpc) is 2.70. The van der Waals surface area contributed by atoms with Crippen molar-refractivity contribution in [1.82, 2.24) is 15.1 Å². The van der Waals surface area contributed by atoms with E-state index in [1.165, 1.54) is 38.9 Å². The summed E-state index contributed by atoms with van der Waals surface area (Å²) in [5.74, 6) is 0.885. The van der Waals surface area contributed by atoms with Gasteiger partial charge in [-0.2, -0.15) is 0 Å². The van der Waals surface area contributed by atoms with E-state index in [2.05, 4.69) is 43.1 Å². The van der Waals surface area contributed by atoms with Gasteiger partial charge >= 0.3 is 0 Å². The van der Waals surface area contributed by atoms with E-state index in [-0.39, 0.29) is 0 Å². The van der Waals surface area contributed by atoms with Gasteiger partial charge in [0.1, 0.15) is 0 Å². The van der Waals surface area contributed by atoms with Crippen molar-refractivity contribution in [2.24, 2.45) is 5.92 Å². The molecule has 0 aromatic heterocycles. The van der Waals surface area contributed by atoms with E-state index in [1.54, 1.807) is 0 Å². The predicted octanol–water partition coefficient (Wildman–Crippen LogP) is 1.65. The van der Waals surface area contributed by atoms with Crippen LogP contribution >= 0.6 is 0 Å². The van der Waals surface area contributed by atoms with Gasteiger partial charge in [-0.05, 0) is 65.8 Å². The molecule has 1 N–H and O–H groups in total. The third-order valence-electron chi connectivity index (χ3n) is 3.95. The van der Waals surface area contributed by atoms with E-state index < -0.39 is 0 Å². The molecule has 2 unspecified atom stereocenters. The number of hydrogen-bond acceptors (Lipinski definition) is 3. The third kappa shape index (κ3) is 5.84. The van der Waals surface area contributed by atoms with Crippen LogP contribution in [0.2, 0.25) is 0 Å². The third-order valence-corrected chi connectivity index (χ3v) is 3.95. The van der Waals surface area contributed by atoms with Gasteiger partial charge in [-0.15, -0.1) is 0 Å². The fourth-order valence-electron chi connectivity index (χ4n) is 2.60. The van der Waals surface area contributed by atoms with Gasteiger partial charge in [0.05, 0.1) is 0 Å². The van der Waals surface area contributed by atoms with E-state index in [1.807, 2.05) is 0 Å². The van der Waals surface area contributed by atoms with E-state index in [9.17, 15) is 0 Å². The highest BCUT2D eigenvalue weighted by molar-refractivity contribution is 4.77. The molecule has 1 aliphatic rings. The largest absolute Gasteiger partial charge is 0.317 e. The molecule has 1 aliphatic heterocycles. The van der Waals surface area contributed by atoms with Crippen molar-refractivity contribution < 1.29 is 0 Å². The van der Waals surface area contributed by atoms with Crippen LogP contribution in [0.4, 0.5) is 0 Å². The molecule has 0 bridgehead atoms. The molecule has 1 fully saturated rings. The lowest BCUT2D eigenvalue weighted by Gasteiger charge is -2.27. The Morgan fingerprint density at radius 1 is 1.41 bits per heavy atom. The van der Waals surface area contributed by atoms with Crippen LogP contribution in [-0.4, -0.2) is 62.7 Å². The smallest absolute Gasteiger partial charge is 0.00760 e. The van der Waals surface area contributed by atoms with Crippen LogP contribution in [-0.2, 0) is 0 Å². The van der Waals surface area contributed by atoms with Crippen molar-refractivity contribution in [3.63, 3.8) is 0 Å². The molecule has 1 saturated heterocycles. The summed E-state index contributed by atoms with van der Waals surface area (Å²) in [5.41, 5.74) is 0. The number of nitrogens with one attached hydrogen (secondary N) is 1. The van der Waals surface area contributed by atoms with Gasteiger partial charge in [0.2, 0.25) is 0 Å². The first-order chi connectivity index (χ1) is 8.13. The summed E-state index contributed by atoms with van der Waals surface area (Å²) in [5, 5.41) is 3.49. The van der Waals surface area contributed by atoms with Crippen LogP contribution in [0.5, 0.6) is 0 Å². The van der Waals surface area contributed by atoms with Gasteiger partial charge in [0, 0.05) is 19.1 Å². The Labute approximate surface area is 108 Å². The van der Waals surface area contributed by atoms with E-state index in [4.69, 9.17) is 0 Å². The Kier molecular flexibility index (Phi) is 7.09. The normalized spacial score (nSPS) is 23.5. The molecule has 0 aromatic carbocycles. The Hall–Kier alpha value is -0.120.